The Kier molecular flexibility index (Phi) is 4.20. The van der Waals surface area contributed by atoms with Crippen LogP contribution >= 0.6 is 0 Å². The first-order valence-electron chi connectivity index (χ1n) is 6.35. The van der Waals surface area contributed by atoms with E-state index in [0.29, 0.717) is 12.6 Å². The maximum Gasteiger partial charge on any atom is 0.257 e. The molecule has 0 fully saturated rings. The van der Waals surface area contributed by atoms with Gasteiger partial charge in [0.1, 0.15) is 5.56 Å². The average molecular weight is 309 g/mol. The maximum absolute atomic E-state index is 13.3. The van der Waals surface area contributed by atoms with E-state index in [9.17, 15) is 28.3 Å². The Morgan fingerprint density at radius 2 is 1.91 bits per heavy atom. The molecule has 0 atom stereocenters. The number of amides is 1. The van der Waals surface area contributed by atoms with Crippen LogP contribution in [0, 0.1) is 11.6 Å². The molecule has 0 radical (unpaired) electrons. The number of carbonyl (C=O) groups excluding carboxylic acids is 2. The Hall–Kier alpha value is -2.77. The number of pyridine rings is 1. The number of halogens is 2. The summed E-state index contributed by atoms with van der Waals surface area (Å²) >= 11 is 0. The van der Waals surface area contributed by atoms with Crippen LogP contribution < -0.4 is 15.9 Å². The SMILES string of the molecule is CCn1cc(C(=O)NCC(=O)[O-])c(=O)c2cc(F)c(F)cc21. The van der Waals surface area contributed by atoms with Gasteiger partial charge in [-0.15, -0.1) is 0 Å². The molecule has 0 aliphatic carbocycles. The van der Waals surface area contributed by atoms with E-state index < -0.39 is 35.5 Å². The zero-order chi connectivity index (χ0) is 16.4. The van der Waals surface area contributed by atoms with Crippen LogP contribution in [-0.2, 0) is 11.3 Å². The molecule has 1 N–H and O–H groups in total. The zero-order valence-corrected chi connectivity index (χ0v) is 11.5. The van der Waals surface area contributed by atoms with Crippen LogP contribution in [0.25, 0.3) is 10.9 Å². The first-order valence-corrected chi connectivity index (χ1v) is 6.35. The second kappa shape index (κ2) is 5.92. The lowest BCUT2D eigenvalue weighted by atomic mass is 10.1. The summed E-state index contributed by atoms with van der Waals surface area (Å²) in [5, 5.41) is 12.2. The van der Waals surface area contributed by atoms with E-state index in [2.05, 4.69) is 0 Å². The van der Waals surface area contributed by atoms with Gasteiger partial charge in [0.05, 0.1) is 18.0 Å². The molecule has 1 heterocycles. The van der Waals surface area contributed by atoms with Gasteiger partial charge in [0.2, 0.25) is 5.43 Å². The second-order valence-corrected chi connectivity index (χ2v) is 4.50. The van der Waals surface area contributed by atoms with Gasteiger partial charge in [-0.3, -0.25) is 9.59 Å². The molecule has 8 heteroatoms. The van der Waals surface area contributed by atoms with Crippen molar-refractivity contribution in [1.29, 1.82) is 0 Å². The number of nitrogens with zero attached hydrogens (tertiary/aromatic N) is 1. The normalized spacial score (nSPS) is 10.7. The monoisotopic (exact) mass is 309 g/mol. The van der Waals surface area contributed by atoms with Crippen LogP contribution in [-0.4, -0.2) is 23.0 Å². The fourth-order valence-corrected chi connectivity index (χ4v) is 2.06. The summed E-state index contributed by atoms with van der Waals surface area (Å²) in [6.45, 7) is 1.22. The molecule has 0 saturated carbocycles. The van der Waals surface area contributed by atoms with Crippen LogP contribution in [0.4, 0.5) is 8.78 Å². The molecule has 0 saturated heterocycles. The summed E-state index contributed by atoms with van der Waals surface area (Å²) in [6.07, 6.45) is 1.17. The van der Waals surface area contributed by atoms with Crippen LogP contribution in [0.1, 0.15) is 17.3 Å². The van der Waals surface area contributed by atoms with Crippen molar-refractivity contribution >= 4 is 22.8 Å². The standard InChI is InChI=1S/C14H12F2N2O4/c1-2-18-6-8(14(22)17-5-12(19)20)13(21)7-3-9(15)10(16)4-11(7)18/h3-4,6H,2,5H2,1H3,(H,17,22)(H,19,20)/p-1. The summed E-state index contributed by atoms with van der Waals surface area (Å²) in [5.41, 5.74) is -1.03. The van der Waals surface area contributed by atoms with Gasteiger partial charge in [-0.2, -0.15) is 0 Å². The second-order valence-electron chi connectivity index (χ2n) is 4.50. The van der Waals surface area contributed by atoms with Crippen molar-refractivity contribution in [1.82, 2.24) is 9.88 Å². The van der Waals surface area contributed by atoms with Crippen molar-refractivity contribution in [3.63, 3.8) is 0 Å². The van der Waals surface area contributed by atoms with Crippen molar-refractivity contribution in [2.75, 3.05) is 6.54 Å². The minimum atomic E-state index is -1.52. The summed E-state index contributed by atoms with van der Waals surface area (Å²) in [4.78, 5) is 34.4. The molecule has 0 spiro atoms. The minimum Gasteiger partial charge on any atom is -0.548 e. The fraction of sp³-hybridized carbons (Fsp3) is 0.214. The number of aryl methyl sites for hydroxylation is 1. The van der Waals surface area contributed by atoms with Gasteiger partial charge in [-0.25, -0.2) is 8.78 Å². The lowest BCUT2D eigenvalue weighted by molar-refractivity contribution is -0.303. The number of aromatic nitrogens is 1. The highest BCUT2D eigenvalue weighted by atomic mass is 19.2. The smallest absolute Gasteiger partial charge is 0.257 e. The molecule has 0 unspecified atom stereocenters. The maximum atomic E-state index is 13.3. The van der Waals surface area contributed by atoms with E-state index in [0.717, 1.165) is 6.07 Å². The van der Waals surface area contributed by atoms with Crippen LogP contribution in [0.3, 0.4) is 0 Å². The van der Waals surface area contributed by atoms with E-state index in [1.807, 2.05) is 5.32 Å². The third-order valence-corrected chi connectivity index (χ3v) is 3.10. The van der Waals surface area contributed by atoms with Gasteiger partial charge >= 0.3 is 0 Å². The van der Waals surface area contributed by atoms with Crippen LogP contribution in [0.15, 0.2) is 23.1 Å². The first kappa shape index (κ1) is 15.6. The van der Waals surface area contributed by atoms with Crippen molar-refractivity contribution in [3.05, 3.63) is 45.8 Å². The van der Waals surface area contributed by atoms with Gasteiger partial charge in [0.25, 0.3) is 5.91 Å². The lowest BCUT2D eigenvalue weighted by Gasteiger charge is -2.12. The average Bonchev–Trinajstić information content (AvgIpc) is 2.47. The number of fused-ring (bicyclic) bond motifs is 1. The van der Waals surface area contributed by atoms with E-state index in [4.69, 9.17) is 0 Å². The molecule has 0 aliphatic heterocycles. The van der Waals surface area contributed by atoms with Crippen LogP contribution in [0.2, 0.25) is 0 Å². The third kappa shape index (κ3) is 2.80. The predicted octanol–water partition coefficient (Wildman–Crippen LogP) is -0.221. The fourth-order valence-electron chi connectivity index (χ4n) is 2.06. The highest BCUT2D eigenvalue weighted by Gasteiger charge is 2.17. The van der Waals surface area contributed by atoms with Crippen molar-refractivity contribution < 1.29 is 23.5 Å². The number of carboxylic acid groups (broad SMARTS) is 1. The van der Waals surface area contributed by atoms with Crippen molar-refractivity contribution in [2.45, 2.75) is 13.5 Å². The molecule has 0 aliphatic rings. The highest BCUT2D eigenvalue weighted by Crippen LogP contribution is 2.17. The van der Waals surface area contributed by atoms with Gasteiger partial charge in [0.15, 0.2) is 11.6 Å². The molecular formula is C14H11F2N2O4-. The number of nitrogens with one attached hydrogen (secondary N) is 1. The highest BCUT2D eigenvalue weighted by molar-refractivity contribution is 5.98. The predicted molar refractivity (Wildman–Crippen MR) is 71.1 cm³/mol. The molecule has 2 aromatic rings. The third-order valence-electron chi connectivity index (χ3n) is 3.10. The lowest BCUT2D eigenvalue weighted by Crippen LogP contribution is -2.39. The zero-order valence-electron chi connectivity index (χ0n) is 11.5. The quantitative estimate of drug-likeness (QED) is 0.845. The minimum absolute atomic E-state index is 0.142. The number of carboxylic acids is 1. The Bertz CT molecular complexity index is 830. The number of rotatable bonds is 4. The number of carbonyl (C=O) groups is 2. The van der Waals surface area contributed by atoms with E-state index in [1.54, 1.807) is 6.92 Å². The first-order chi connectivity index (χ1) is 10.3. The van der Waals surface area contributed by atoms with Gasteiger partial charge < -0.3 is 19.8 Å². The molecule has 116 valence electrons. The summed E-state index contributed by atoms with van der Waals surface area (Å²) in [6, 6.07) is 1.59. The largest absolute Gasteiger partial charge is 0.548 e. The topological polar surface area (TPSA) is 91.2 Å². The van der Waals surface area contributed by atoms with E-state index >= 15 is 0 Å². The van der Waals surface area contributed by atoms with Gasteiger partial charge in [-0.05, 0) is 13.0 Å². The molecule has 1 aromatic carbocycles. The molecular weight excluding hydrogens is 298 g/mol. The molecule has 0 bridgehead atoms. The Labute approximate surface area is 123 Å². The van der Waals surface area contributed by atoms with E-state index in [1.165, 1.54) is 10.8 Å². The molecule has 22 heavy (non-hydrogen) atoms. The summed E-state index contributed by atoms with van der Waals surface area (Å²) < 4.78 is 28.1. The Morgan fingerprint density at radius 1 is 1.27 bits per heavy atom. The molecule has 1 aromatic heterocycles. The van der Waals surface area contributed by atoms with Crippen LogP contribution in [0.5, 0.6) is 0 Å². The van der Waals surface area contributed by atoms with Crippen molar-refractivity contribution in [2.24, 2.45) is 0 Å². The number of benzene rings is 1. The molecule has 6 nitrogen and oxygen atoms in total. The summed E-state index contributed by atoms with van der Waals surface area (Å²) in [7, 11) is 0. The number of hydrogen-bond acceptors (Lipinski definition) is 4. The summed E-state index contributed by atoms with van der Waals surface area (Å²) in [5.74, 6) is -4.76. The van der Waals surface area contributed by atoms with Gasteiger partial charge in [-0.1, -0.05) is 0 Å². The Morgan fingerprint density at radius 3 is 2.50 bits per heavy atom. The van der Waals surface area contributed by atoms with Crippen molar-refractivity contribution in [3.8, 4) is 0 Å². The number of aliphatic carboxylic acids is 1. The van der Waals surface area contributed by atoms with E-state index in [-0.39, 0.29) is 16.5 Å². The molecule has 1 amide bonds. The number of hydrogen-bond donors (Lipinski definition) is 1. The molecule has 2 rings (SSSR count). The van der Waals surface area contributed by atoms with Gasteiger partial charge in [0, 0.05) is 24.2 Å². The Balaban J connectivity index is 2.64.